The highest BCUT2D eigenvalue weighted by atomic mass is 19.3. The van der Waals surface area contributed by atoms with Crippen molar-refractivity contribution in [2.24, 2.45) is 5.92 Å². The third-order valence-corrected chi connectivity index (χ3v) is 3.59. The third-order valence-electron chi connectivity index (χ3n) is 3.59. The fourth-order valence-electron chi connectivity index (χ4n) is 2.43. The number of pyridine rings is 1. The van der Waals surface area contributed by atoms with E-state index in [0.29, 0.717) is 5.82 Å². The summed E-state index contributed by atoms with van der Waals surface area (Å²) in [6.45, 7) is 0.0268. The Bertz CT molecular complexity index is 660. The zero-order valence-corrected chi connectivity index (χ0v) is 11.6. The van der Waals surface area contributed by atoms with Crippen LogP contribution in [0.2, 0.25) is 0 Å². The highest BCUT2D eigenvalue weighted by Gasteiger charge is 2.42. The Labute approximate surface area is 124 Å². The van der Waals surface area contributed by atoms with Crippen LogP contribution in [0.15, 0.2) is 29.0 Å². The number of halogens is 2. The minimum atomic E-state index is -2.74. The molecule has 0 aliphatic heterocycles. The summed E-state index contributed by atoms with van der Waals surface area (Å²) < 4.78 is 31.2. The van der Waals surface area contributed by atoms with Crippen LogP contribution in [0.5, 0.6) is 0 Å². The monoisotopic (exact) mass is 308 g/mol. The topological polar surface area (TPSA) is 80.9 Å². The smallest absolute Gasteiger partial charge is 0.248 e. The van der Waals surface area contributed by atoms with Gasteiger partial charge in [-0.2, -0.15) is 4.98 Å². The molecule has 0 saturated heterocycles. The van der Waals surface area contributed by atoms with Gasteiger partial charge < -0.3 is 9.84 Å². The molecular formula is C14H14F2N4O2. The molecule has 0 bridgehead atoms. The van der Waals surface area contributed by atoms with E-state index in [1.807, 2.05) is 0 Å². The number of hydrogen-bond acceptors (Lipinski definition) is 5. The van der Waals surface area contributed by atoms with Gasteiger partial charge in [0.25, 0.3) is 0 Å². The Balaban J connectivity index is 1.56. The van der Waals surface area contributed by atoms with Crippen LogP contribution >= 0.6 is 0 Å². The molecular weight excluding hydrogens is 294 g/mol. The van der Waals surface area contributed by atoms with Gasteiger partial charge in [-0.1, -0.05) is 5.16 Å². The van der Waals surface area contributed by atoms with E-state index >= 15 is 0 Å². The lowest BCUT2D eigenvalue weighted by Gasteiger charge is -2.09. The van der Waals surface area contributed by atoms with E-state index in [1.165, 1.54) is 0 Å². The Morgan fingerprint density at radius 3 is 2.86 bits per heavy atom. The maximum Gasteiger partial charge on any atom is 0.248 e. The summed E-state index contributed by atoms with van der Waals surface area (Å²) in [5, 5.41) is 6.36. The molecule has 116 valence electrons. The zero-order chi connectivity index (χ0) is 15.6. The minimum Gasteiger partial charge on any atom is -0.347 e. The molecule has 2 heterocycles. The van der Waals surface area contributed by atoms with Crippen molar-refractivity contribution in [1.29, 1.82) is 0 Å². The third kappa shape index (κ3) is 3.26. The fraction of sp³-hybridized carbons (Fsp3) is 0.429. The molecule has 1 saturated carbocycles. The molecule has 1 aliphatic carbocycles. The molecule has 22 heavy (non-hydrogen) atoms. The predicted molar refractivity (Wildman–Crippen MR) is 71.7 cm³/mol. The van der Waals surface area contributed by atoms with Crippen molar-refractivity contribution in [2.45, 2.75) is 31.7 Å². The Morgan fingerprint density at radius 1 is 1.41 bits per heavy atom. The lowest BCUT2D eigenvalue weighted by molar-refractivity contribution is -0.126. The number of carbonyl (C=O) groups excluding carboxylic acids is 1. The first-order valence-electron chi connectivity index (χ1n) is 6.92. The van der Waals surface area contributed by atoms with E-state index in [9.17, 15) is 13.6 Å². The van der Waals surface area contributed by atoms with Crippen molar-refractivity contribution in [1.82, 2.24) is 20.4 Å². The lowest BCUT2D eigenvalue weighted by Crippen LogP contribution is -2.29. The van der Waals surface area contributed by atoms with Crippen molar-refractivity contribution in [3.8, 4) is 11.4 Å². The SMILES string of the molecule is O=C(NCc1nc(-c2ccncc2)no1)C1CCC(F)(F)C1. The maximum absolute atomic E-state index is 13.1. The molecule has 0 aromatic carbocycles. The summed E-state index contributed by atoms with van der Waals surface area (Å²) in [7, 11) is 0. The molecule has 6 nitrogen and oxygen atoms in total. The maximum atomic E-state index is 13.1. The van der Waals surface area contributed by atoms with Gasteiger partial charge in [0, 0.05) is 36.7 Å². The summed E-state index contributed by atoms with van der Waals surface area (Å²) >= 11 is 0. The van der Waals surface area contributed by atoms with E-state index in [2.05, 4.69) is 20.4 Å². The number of rotatable bonds is 4. The Hall–Kier alpha value is -2.38. The van der Waals surface area contributed by atoms with Crippen LogP contribution in [-0.2, 0) is 11.3 Å². The standard InChI is InChI=1S/C14H14F2N4O2/c15-14(16)4-1-10(7-14)13(21)18-8-11-19-12(20-22-11)9-2-5-17-6-3-9/h2-3,5-6,10H,1,4,7-8H2,(H,18,21). The quantitative estimate of drug-likeness (QED) is 0.936. The molecule has 8 heteroatoms. The largest absolute Gasteiger partial charge is 0.347 e. The van der Waals surface area contributed by atoms with Crippen LogP contribution in [0.3, 0.4) is 0 Å². The number of alkyl halides is 2. The van der Waals surface area contributed by atoms with Gasteiger partial charge in [0.1, 0.15) is 0 Å². The molecule has 1 atom stereocenters. The van der Waals surface area contributed by atoms with Crippen LogP contribution < -0.4 is 5.32 Å². The van der Waals surface area contributed by atoms with Crippen molar-refractivity contribution >= 4 is 5.91 Å². The average Bonchev–Trinajstić information content (AvgIpc) is 3.12. The fourth-order valence-corrected chi connectivity index (χ4v) is 2.43. The molecule has 1 fully saturated rings. The highest BCUT2D eigenvalue weighted by molar-refractivity contribution is 5.78. The Morgan fingerprint density at radius 2 is 2.18 bits per heavy atom. The van der Waals surface area contributed by atoms with E-state index in [4.69, 9.17) is 4.52 Å². The first-order valence-corrected chi connectivity index (χ1v) is 6.92. The van der Waals surface area contributed by atoms with Gasteiger partial charge in [0.05, 0.1) is 6.54 Å². The number of amides is 1. The van der Waals surface area contributed by atoms with E-state index in [1.54, 1.807) is 24.5 Å². The summed E-state index contributed by atoms with van der Waals surface area (Å²) in [6.07, 6.45) is 2.77. The number of hydrogen-bond donors (Lipinski definition) is 1. The van der Waals surface area contributed by atoms with E-state index < -0.39 is 24.2 Å². The second-order valence-electron chi connectivity index (χ2n) is 5.26. The van der Waals surface area contributed by atoms with Gasteiger partial charge in [-0.05, 0) is 18.6 Å². The molecule has 3 rings (SSSR count). The summed E-state index contributed by atoms with van der Waals surface area (Å²) in [5.41, 5.74) is 0.742. The summed E-state index contributed by atoms with van der Waals surface area (Å²) in [6, 6.07) is 3.46. The van der Waals surface area contributed by atoms with Gasteiger partial charge >= 0.3 is 0 Å². The van der Waals surface area contributed by atoms with E-state index in [0.717, 1.165) is 5.56 Å². The lowest BCUT2D eigenvalue weighted by atomic mass is 10.1. The highest BCUT2D eigenvalue weighted by Crippen LogP contribution is 2.38. The van der Waals surface area contributed by atoms with E-state index in [-0.39, 0.29) is 25.3 Å². The number of aromatic nitrogens is 3. The van der Waals surface area contributed by atoms with Crippen LogP contribution in [-0.4, -0.2) is 27.0 Å². The molecule has 2 aromatic rings. The molecule has 1 aliphatic rings. The van der Waals surface area contributed by atoms with Crippen LogP contribution in [0.25, 0.3) is 11.4 Å². The van der Waals surface area contributed by atoms with Crippen LogP contribution in [0.4, 0.5) is 8.78 Å². The van der Waals surface area contributed by atoms with Crippen molar-refractivity contribution < 1.29 is 18.1 Å². The van der Waals surface area contributed by atoms with Crippen molar-refractivity contribution in [3.63, 3.8) is 0 Å². The molecule has 1 unspecified atom stereocenters. The number of carbonyl (C=O) groups is 1. The minimum absolute atomic E-state index is 0.0268. The normalized spacial score (nSPS) is 20.0. The van der Waals surface area contributed by atoms with Gasteiger partial charge in [0.2, 0.25) is 23.5 Å². The van der Waals surface area contributed by atoms with Gasteiger partial charge in [0.15, 0.2) is 0 Å². The molecule has 2 aromatic heterocycles. The first-order chi connectivity index (χ1) is 10.5. The Kier molecular flexibility index (Phi) is 3.82. The van der Waals surface area contributed by atoms with Crippen molar-refractivity contribution in [2.75, 3.05) is 0 Å². The van der Waals surface area contributed by atoms with Crippen molar-refractivity contribution in [3.05, 3.63) is 30.4 Å². The number of nitrogens with zero attached hydrogens (tertiary/aromatic N) is 3. The average molecular weight is 308 g/mol. The summed E-state index contributed by atoms with van der Waals surface area (Å²) in [5.74, 6) is -3.18. The van der Waals surface area contributed by atoms with Gasteiger partial charge in [-0.25, -0.2) is 8.78 Å². The first kappa shape index (κ1) is 14.6. The second-order valence-corrected chi connectivity index (χ2v) is 5.26. The van der Waals surface area contributed by atoms with Gasteiger partial charge in [-0.15, -0.1) is 0 Å². The molecule has 1 N–H and O–H groups in total. The summed E-state index contributed by atoms with van der Waals surface area (Å²) in [4.78, 5) is 19.9. The van der Waals surface area contributed by atoms with Crippen LogP contribution in [0, 0.1) is 5.92 Å². The number of nitrogens with one attached hydrogen (secondary N) is 1. The van der Waals surface area contributed by atoms with Crippen LogP contribution in [0.1, 0.15) is 25.2 Å². The molecule has 0 radical (unpaired) electrons. The zero-order valence-electron chi connectivity index (χ0n) is 11.6. The molecule has 0 spiro atoms. The predicted octanol–water partition coefficient (Wildman–Crippen LogP) is 2.18. The van der Waals surface area contributed by atoms with Gasteiger partial charge in [-0.3, -0.25) is 9.78 Å². The molecule has 1 amide bonds. The second kappa shape index (κ2) is 5.78.